The minimum Gasteiger partial charge on any atom is -0.359 e. The highest BCUT2D eigenvalue weighted by Gasteiger charge is 2.05. The number of nitro groups is 1. The molecule has 0 saturated carbocycles. The van der Waals surface area contributed by atoms with Crippen LogP contribution in [0.1, 0.15) is 0 Å². The molecule has 0 aromatic carbocycles. The zero-order valence-electron chi connectivity index (χ0n) is 8.34. The Morgan fingerprint density at radius 2 is 2.44 bits per heavy atom. The molecule has 0 fully saturated rings. The quantitative estimate of drug-likeness (QED) is 0.358. The first-order valence-electron chi connectivity index (χ1n) is 4.39. The first-order chi connectivity index (χ1) is 7.63. The largest absolute Gasteiger partial charge is 0.359 e. The second-order valence-electron chi connectivity index (χ2n) is 2.78. The van der Waals surface area contributed by atoms with Gasteiger partial charge in [0.2, 0.25) is 0 Å². The number of hydrogen-bond acceptors (Lipinski definition) is 4. The first-order valence-corrected chi connectivity index (χ1v) is 4.80. The van der Waals surface area contributed by atoms with Crippen LogP contribution in [0.25, 0.3) is 0 Å². The van der Waals surface area contributed by atoms with E-state index in [1.807, 2.05) is 0 Å². The molecule has 2 N–H and O–H groups in total. The molecule has 0 atom stereocenters. The van der Waals surface area contributed by atoms with Crippen molar-refractivity contribution in [3.05, 3.63) is 41.1 Å². The third-order valence-corrected chi connectivity index (χ3v) is 1.85. The number of rotatable bonds is 4. The van der Waals surface area contributed by atoms with E-state index in [0.29, 0.717) is 17.5 Å². The van der Waals surface area contributed by atoms with E-state index in [-0.39, 0.29) is 5.69 Å². The van der Waals surface area contributed by atoms with E-state index >= 15 is 0 Å². The SMILES string of the molecule is C=CCNC(=S)Nc1ccc([N+](=O)[O-])cn1. The highest BCUT2D eigenvalue weighted by atomic mass is 32.1. The van der Waals surface area contributed by atoms with Gasteiger partial charge in [-0.15, -0.1) is 6.58 Å². The van der Waals surface area contributed by atoms with Gasteiger partial charge in [-0.1, -0.05) is 6.08 Å². The summed E-state index contributed by atoms with van der Waals surface area (Å²) in [6.45, 7) is 4.07. The average Bonchev–Trinajstić information content (AvgIpc) is 2.27. The number of aromatic nitrogens is 1. The topological polar surface area (TPSA) is 80.1 Å². The van der Waals surface area contributed by atoms with Crippen molar-refractivity contribution in [2.45, 2.75) is 0 Å². The zero-order valence-corrected chi connectivity index (χ0v) is 9.16. The lowest BCUT2D eigenvalue weighted by Crippen LogP contribution is -2.28. The van der Waals surface area contributed by atoms with E-state index < -0.39 is 4.92 Å². The molecule has 0 amide bonds. The van der Waals surface area contributed by atoms with Crippen LogP contribution >= 0.6 is 12.2 Å². The van der Waals surface area contributed by atoms with Crippen molar-refractivity contribution < 1.29 is 4.92 Å². The van der Waals surface area contributed by atoms with E-state index in [2.05, 4.69) is 22.2 Å². The van der Waals surface area contributed by atoms with Gasteiger partial charge >= 0.3 is 0 Å². The third-order valence-electron chi connectivity index (χ3n) is 1.61. The smallest absolute Gasteiger partial charge is 0.287 e. The van der Waals surface area contributed by atoms with Crippen LogP contribution in [-0.4, -0.2) is 21.6 Å². The second-order valence-corrected chi connectivity index (χ2v) is 3.19. The molecule has 1 heterocycles. The third kappa shape index (κ3) is 3.62. The van der Waals surface area contributed by atoms with Crippen LogP contribution in [0.3, 0.4) is 0 Å². The summed E-state index contributed by atoms with van der Waals surface area (Å²) in [5.41, 5.74) is -0.0597. The molecular weight excluding hydrogens is 228 g/mol. The van der Waals surface area contributed by atoms with Crippen LogP contribution < -0.4 is 10.6 Å². The fourth-order valence-electron chi connectivity index (χ4n) is 0.893. The van der Waals surface area contributed by atoms with Crippen LogP contribution in [0.4, 0.5) is 11.5 Å². The fourth-order valence-corrected chi connectivity index (χ4v) is 1.08. The second kappa shape index (κ2) is 5.76. The van der Waals surface area contributed by atoms with E-state index in [1.54, 1.807) is 6.08 Å². The summed E-state index contributed by atoms with van der Waals surface area (Å²) in [6.07, 6.45) is 2.83. The predicted octanol–water partition coefficient (Wildman–Crippen LogP) is 1.46. The maximum Gasteiger partial charge on any atom is 0.287 e. The van der Waals surface area contributed by atoms with E-state index in [9.17, 15) is 10.1 Å². The predicted molar refractivity (Wildman–Crippen MR) is 65.3 cm³/mol. The Morgan fingerprint density at radius 1 is 1.69 bits per heavy atom. The number of nitrogens with one attached hydrogen (secondary N) is 2. The number of anilines is 1. The number of nitrogens with zero attached hydrogens (tertiary/aromatic N) is 2. The summed E-state index contributed by atoms with van der Waals surface area (Å²) in [4.78, 5) is 13.7. The van der Waals surface area contributed by atoms with Gasteiger partial charge in [-0.05, 0) is 18.3 Å². The summed E-state index contributed by atoms with van der Waals surface area (Å²) < 4.78 is 0. The molecule has 1 rings (SSSR count). The summed E-state index contributed by atoms with van der Waals surface area (Å²) in [5.74, 6) is 0.451. The molecule has 1 aromatic rings. The molecule has 1 aromatic heterocycles. The molecule has 0 aliphatic heterocycles. The fraction of sp³-hybridized carbons (Fsp3) is 0.111. The average molecular weight is 238 g/mol. The normalized spacial score (nSPS) is 9.25. The van der Waals surface area contributed by atoms with Crippen LogP contribution in [0.5, 0.6) is 0 Å². The molecule has 6 nitrogen and oxygen atoms in total. The van der Waals surface area contributed by atoms with Gasteiger partial charge in [0.15, 0.2) is 5.11 Å². The Hall–Kier alpha value is -2.02. The number of thiocarbonyl (C=S) groups is 1. The molecule has 0 aliphatic carbocycles. The Morgan fingerprint density at radius 3 is 2.94 bits per heavy atom. The standard InChI is InChI=1S/C9H10N4O2S/c1-2-5-10-9(16)12-8-4-3-7(6-11-8)13(14)15/h2-4,6H,1,5H2,(H2,10,11,12,16). The van der Waals surface area contributed by atoms with Gasteiger partial charge in [-0.25, -0.2) is 4.98 Å². The highest BCUT2D eigenvalue weighted by molar-refractivity contribution is 7.80. The van der Waals surface area contributed by atoms with Gasteiger partial charge in [-0.2, -0.15) is 0 Å². The van der Waals surface area contributed by atoms with Crippen molar-refractivity contribution in [3.63, 3.8) is 0 Å². The van der Waals surface area contributed by atoms with Crippen LogP contribution in [0, 0.1) is 10.1 Å². The van der Waals surface area contributed by atoms with Gasteiger partial charge in [-0.3, -0.25) is 10.1 Å². The molecular formula is C9H10N4O2S. The first kappa shape index (κ1) is 12.1. The van der Waals surface area contributed by atoms with Crippen LogP contribution in [0.15, 0.2) is 31.0 Å². The van der Waals surface area contributed by atoms with Crippen molar-refractivity contribution >= 4 is 28.8 Å². The van der Waals surface area contributed by atoms with Gasteiger partial charge in [0.05, 0.1) is 4.92 Å². The Balaban J connectivity index is 2.58. The Kier molecular flexibility index (Phi) is 4.34. The molecule has 16 heavy (non-hydrogen) atoms. The molecule has 0 unspecified atom stereocenters. The molecule has 7 heteroatoms. The van der Waals surface area contributed by atoms with E-state index in [1.165, 1.54) is 18.3 Å². The minimum absolute atomic E-state index is 0.0597. The number of pyridine rings is 1. The van der Waals surface area contributed by atoms with E-state index in [4.69, 9.17) is 12.2 Å². The minimum atomic E-state index is -0.509. The van der Waals surface area contributed by atoms with Crippen molar-refractivity contribution in [2.75, 3.05) is 11.9 Å². The molecule has 0 radical (unpaired) electrons. The van der Waals surface area contributed by atoms with Crippen molar-refractivity contribution in [2.24, 2.45) is 0 Å². The van der Waals surface area contributed by atoms with Crippen molar-refractivity contribution in [1.82, 2.24) is 10.3 Å². The number of hydrogen-bond donors (Lipinski definition) is 2. The molecule has 0 aliphatic rings. The zero-order chi connectivity index (χ0) is 12.0. The Bertz CT molecular complexity index is 404. The van der Waals surface area contributed by atoms with Crippen LogP contribution in [0.2, 0.25) is 0 Å². The summed E-state index contributed by atoms with van der Waals surface area (Å²) >= 11 is 4.94. The van der Waals surface area contributed by atoms with Gasteiger partial charge < -0.3 is 10.6 Å². The molecule has 0 bridgehead atoms. The van der Waals surface area contributed by atoms with Crippen molar-refractivity contribution in [3.8, 4) is 0 Å². The maximum atomic E-state index is 10.4. The summed E-state index contributed by atoms with van der Waals surface area (Å²) in [6, 6.07) is 2.84. The summed E-state index contributed by atoms with van der Waals surface area (Å²) in [7, 11) is 0. The van der Waals surface area contributed by atoms with Gasteiger partial charge in [0.1, 0.15) is 12.0 Å². The van der Waals surface area contributed by atoms with Gasteiger partial charge in [0, 0.05) is 12.6 Å². The molecule has 0 saturated heterocycles. The molecule has 0 spiro atoms. The van der Waals surface area contributed by atoms with Gasteiger partial charge in [0.25, 0.3) is 5.69 Å². The monoisotopic (exact) mass is 238 g/mol. The molecule has 84 valence electrons. The highest BCUT2D eigenvalue weighted by Crippen LogP contribution is 2.11. The van der Waals surface area contributed by atoms with Crippen molar-refractivity contribution in [1.29, 1.82) is 0 Å². The van der Waals surface area contributed by atoms with Crippen LogP contribution in [-0.2, 0) is 0 Å². The lowest BCUT2D eigenvalue weighted by molar-refractivity contribution is -0.385. The lowest BCUT2D eigenvalue weighted by atomic mass is 10.4. The van der Waals surface area contributed by atoms with E-state index in [0.717, 1.165) is 0 Å². The lowest BCUT2D eigenvalue weighted by Gasteiger charge is -2.07. The summed E-state index contributed by atoms with van der Waals surface area (Å²) in [5, 5.41) is 16.4. The maximum absolute atomic E-state index is 10.4. The Labute approximate surface area is 97.5 Å².